The Balaban J connectivity index is 1.36. The molecule has 1 aliphatic carbocycles. The summed E-state index contributed by atoms with van der Waals surface area (Å²) in [6, 6.07) is 16.7. The molecule has 2 aromatic heterocycles. The van der Waals surface area contributed by atoms with Crippen LogP contribution in [0.4, 0.5) is 5.69 Å². The number of hydrogen-bond donors (Lipinski definition) is 2. The standard InChI is InChI=1S/C28H33N5OS/c1-2-20-9-3-6-12-23(20)30-25(34)15-18-33-27(21-14-17-32(19-21)22-10-4-5-11-22)26(31-28(33)35)24-13-7-8-16-29-24/h3,6-9,12-14,16-17,19,22,26-27H,2,4-5,10-11,15,18H2,1H3,(H,30,34)(H,31,35)/t26-,27-/m0/s1. The third kappa shape index (κ3) is 5.10. The first-order valence-electron chi connectivity index (χ1n) is 12.7. The molecule has 1 aliphatic heterocycles. The van der Waals surface area contributed by atoms with Gasteiger partial charge in [-0.15, -0.1) is 0 Å². The van der Waals surface area contributed by atoms with Gasteiger partial charge in [-0.3, -0.25) is 9.78 Å². The number of anilines is 1. The number of aryl methyl sites for hydroxylation is 1. The normalized spacial score (nSPS) is 20.3. The molecule has 0 unspecified atom stereocenters. The third-order valence-corrected chi connectivity index (χ3v) is 7.63. The van der Waals surface area contributed by atoms with E-state index in [9.17, 15) is 4.79 Å². The van der Waals surface area contributed by atoms with Crippen LogP contribution < -0.4 is 10.6 Å². The lowest BCUT2D eigenvalue weighted by molar-refractivity contribution is -0.116. The van der Waals surface area contributed by atoms with Crippen molar-refractivity contribution in [2.75, 3.05) is 11.9 Å². The summed E-state index contributed by atoms with van der Waals surface area (Å²) in [6.45, 7) is 2.63. The minimum atomic E-state index is -0.0630. The van der Waals surface area contributed by atoms with Gasteiger partial charge in [0.2, 0.25) is 5.91 Å². The summed E-state index contributed by atoms with van der Waals surface area (Å²) in [6.07, 6.45) is 12.6. The highest BCUT2D eigenvalue weighted by atomic mass is 32.1. The molecule has 6 nitrogen and oxygen atoms in total. The van der Waals surface area contributed by atoms with E-state index in [1.807, 2.05) is 42.6 Å². The first kappa shape index (κ1) is 23.5. The summed E-state index contributed by atoms with van der Waals surface area (Å²) in [7, 11) is 0. The fourth-order valence-corrected chi connectivity index (χ4v) is 5.76. The average molecular weight is 488 g/mol. The van der Waals surface area contributed by atoms with Crippen LogP contribution in [-0.2, 0) is 11.2 Å². The molecule has 5 rings (SSSR count). The third-order valence-electron chi connectivity index (χ3n) is 7.28. The Bertz CT molecular complexity index is 1170. The van der Waals surface area contributed by atoms with Gasteiger partial charge < -0.3 is 20.1 Å². The molecule has 2 atom stereocenters. The van der Waals surface area contributed by atoms with E-state index in [-0.39, 0.29) is 18.0 Å². The van der Waals surface area contributed by atoms with Crippen LogP contribution in [0.25, 0.3) is 0 Å². The number of rotatable bonds is 8. The van der Waals surface area contributed by atoms with Gasteiger partial charge in [-0.2, -0.15) is 0 Å². The van der Waals surface area contributed by atoms with Gasteiger partial charge in [0.1, 0.15) is 0 Å². The molecule has 3 aromatic rings. The lowest BCUT2D eigenvalue weighted by Crippen LogP contribution is -2.32. The van der Waals surface area contributed by atoms with Crippen LogP contribution >= 0.6 is 12.2 Å². The van der Waals surface area contributed by atoms with Crippen LogP contribution in [-0.4, -0.2) is 32.0 Å². The first-order valence-corrected chi connectivity index (χ1v) is 13.1. The molecule has 2 N–H and O–H groups in total. The second-order valence-electron chi connectivity index (χ2n) is 9.46. The zero-order valence-corrected chi connectivity index (χ0v) is 21.0. The van der Waals surface area contributed by atoms with Gasteiger partial charge in [0.25, 0.3) is 0 Å². The second kappa shape index (κ2) is 10.6. The van der Waals surface area contributed by atoms with Crippen molar-refractivity contribution in [1.29, 1.82) is 0 Å². The number of nitrogens with zero attached hydrogens (tertiary/aromatic N) is 3. The predicted octanol–water partition coefficient (Wildman–Crippen LogP) is 5.56. The van der Waals surface area contributed by atoms with E-state index in [1.54, 1.807) is 0 Å². The maximum atomic E-state index is 12.9. The molecule has 2 aliphatic rings. The SMILES string of the molecule is CCc1ccccc1NC(=O)CCN1C(=S)N[C@@H](c2ccccn2)[C@@H]1c1ccn(C2CCCC2)c1. The van der Waals surface area contributed by atoms with E-state index >= 15 is 0 Å². The van der Waals surface area contributed by atoms with Crippen molar-refractivity contribution in [2.24, 2.45) is 0 Å². The molecule has 1 saturated carbocycles. The van der Waals surface area contributed by atoms with Gasteiger partial charge in [-0.1, -0.05) is 44.0 Å². The van der Waals surface area contributed by atoms with Crippen molar-refractivity contribution in [3.05, 3.63) is 83.9 Å². The van der Waals surface area contributed by atoms with Crippen LogP contribution in [0.3, 0.4) is 0 Å². The van der Waals surface area contributed by atoms with Gasteiger partial charge >= 0.3 is 0 Å². The summed E-state index contributed by atoms with van der Waals surface area (Å²) in [5.41, 5.74) is 4.19. The Hall–Kier alpha value is -3.19. The number of aromatic nitrogens is 2. The number of hydrogen-bond acceptors (Lipinski definition) is 3. The second-order valence-corrected chi connectivity index (χ2v) is 9.85. The van der Waals surface area contributed by atoms with Crippen molar-refractivity contribution in [1.82, 2.24) is 19.8 Å². The number of amides is 1. The molecule has 0 bridgehead atoms. The molecule has 1 aromatic carbocycles. The van der Waals surface area contributed by atoms with Crippen LogP contribution in [0, 0.1) is 0 Å². The molecule has 182 valence electrons. The van der Waals surface area contributed by atoms with Gasteiger partial charge in [-0.25, -0.2) is 0 Å². The minimum absolute atomic E-state index is 0.00254. The fraction of sp³-hybridized carbons (Fsp3) is 0.393. The number of carbonyl (C=O) groups excluding carboxylic acids is 1. The molecular formula is C28H33N5OS. The lowest BCUT2D eigenvalue weighted by atomic mass is 9.99. The monoisotopic (exact) mass is 487 g/mol. The average Bonchev–Trinajstić information content (AvgIpc) is 3.64. The predicted molar refractivity (Wildman–Crippen MR) is 143 cm³/mol. The number of benzene rings is 1. The Morgan fingerprint density at radius 3 is 2.71 bits per heavy atom. The van der Waals surface area contributed by atoms with E-state index in [0.717, 1.165) is 23.4 Å². The van der Waals surface area contributed by atoms with Crippen molar-refractivity contribution < 1.29 is 4.79 Å². The maximum Gasteiger partial charge on any atom is 0.226 e. The van der Waals surface area contributed by atoms with Crippen LogP contribution in [0.15, 0.2) is 67.1 Å². The summed E-state index contributed by atoms with van der Waals surface area (Å²) >= 11 is 5.78. The highest BCUT2D eigenvalue weighted by molar-refractivity contribution is 7.80. The summed E-state index contributed by atoms with van der Waals surface area (Å²) < 4.78 is 2.37. The van der Waals surface area contributed by atoms with E-state index < -0.39 is 0 Å². The number of thiocarbonyl (C=S) groups is 1. The number of pyridine rings is 1. The van der Waals surface area contributed by atoms with Crippen LogP contribution in [0.5, 0.6) is 0 Å². The fourth-order valence-electron chi connectivity index (χ4n) is 5.43. The van der Waals surface area contributed by atoms with Crippen LogP contribution in [0.2, 0.25) is 0 Å². The van der Waals surface area contributed by atoms with E-state index in [4.69, 9.17) is 12.2 Å². The molecule has 7 heteroatoms. The molecule has 0 spiro atoms. The van der Waals surface area contributed by atoms with Crippen molar-refractivity contribution in [2.45, 2.75) is 63.6 Å². The number of para-hydroxylation sites is 1. The largest absolute Gasteiger partial charge is 0.352 e. The Morgan fingerprint density at radius 2 is 1.94 bits per heavy atom. The van der Waals surface area contributed by atoms with Crippen LogP contribution in [0.1, 0.15) is 74.0 Å². The Kier molecular flexibility index (Phi) is 7.13. The van der Waals surface area contributed by atoms with E-state index in [0.29, 0.717) is 24.1 Å². The van der Waals surface area contributed by atoms with Crippen molar-refractivity contribution in [3.63, 3.8) is 0 Å². The van der Waals surface area contributed by atoms with Crippen molar-refractivity contribution >= 4 is 28.9 Å². The number of nitrogens with one attached hydrogen (secondary N) is 2. The number of carbonyl (C=O) groups is 1. The summed E-state index contributed by atoms with van der Waals surface area (Å²) in [4.78, 5) is 19.7. The van der Waals surface area contributed by atoms with Gasteiger partial charge in [0.15, 0.2) is 5.11 Å². The zero-order valence-electron chi connectivity index (χ0n) is 20.2. The molecule has 2 fully saturated rings. The van der Waals surface area contributed by atoms with Crippen molar-refractivity contribution in [3.8, 4) is 0 Å². The Morgan fingerprint density at radius 1 is 1.14 bits per heavy atom. The van der Waals surface area contributed by atoms with Gasteiger partial charge in [-0.05, 0) is 66.9 Å². The van der Waals surface area contributed by atoms with E-state index in [2.05, 4.69) is 56.5 Å². The highest BCUT2D eigenvalue weighted by Gasteiger charge is 2.40. The minimum Gasteiger partial charge on any atom is -0.352 e. The quantitative estimate of drug-likeness (QED) is 0.407. The lowest BCUT2D eigenvalue weighted by Gasteiger charge is -2.27. The molecule has 0 radical (unpaired) electrons. The maximum absolute atomic E-state index is 12.9. The van der Waals surface area contributed by atoms with E-state index in [1.165, 1.54) is 31.2 Å². The summed E-state index contributed by atoms with van der Waals surface area (Å²) in [5, 5.41) is 7.25. The Labute approximate surface area is 212 Å². The summed E-state index contributed by atoms with van der Waals surface area (Å²) in [5.74, 6) is -0.00254. The smallest absolute Gasteiger partial charge is 0.226 e. The molecule has 35 heavy (non-hydrogen) atoms. The zero-order chi connectivity index (χ0) is 24.2. The molecular weight excluding hydrogens is 454 g/mol. The molecule has 1 saturated heterocycles. The topological polar surface area (TPSA) is 62.2 Å². The first-order chi connectivity index (χ1) is 17.1. The molecule has 3 heterocycles. The highest BCUT2D eigenvalue weighted by Crippen LogP contribution is 2.40. The molecule has 1 amide bonds. The van der Waals surface area contributed by atoms with Gasteiger partial charge in [0.05, 0.1) is 17.8 Å². The van der Waals surface area contributed by atoms with Gasteiger partial charge in [0, 0.05) is 43.3 Å².